The van der Waals surface area contributed by atoms with Gasteiger partial charge in [0, 0.05) is 20.7 Å². The van der Waals surface area contributed by atoms with Crippen molar-refractivity contribution in [3.63, 3.8) is 0 Å². The van der Waals surface area contributed by atoms with Crippen LogP contribution in [0.5, 0.6) is 0 Å². The lowest BCUT2D eigenvalue weighted by atomic mass is 10.2. The molecule has 0 saturated heterocycles. The highest BCUT2D eigenvalue weighted by Gasteiger charge is 2.29. The van der Waals surface area contributed by atoms with Crippen molar-refractivity contribution in [1.82, 2.24) is 4.72 Å². The summed E-state index contributed by atoms with van der Waals surface area (Å²) in [7, 11) is -3.44. The average molecular weight is 397 g/mol. The van der Waals surface area contributed by atoms with Crippen LogP contribution in [0, 0.1) is 0 Å². The maximum Gasteiger partial charge on any atom is 0.263 e. The van der Waals surface area contributed by atoms with Gasteiger partial charge in [0.25, 0.3) is 10.0 Å². The zero-order valence-corrected chi connectivity index (χ0v) is 14.7. The second-order valence-corrected chi connectivity index (χ2v) is 8.37. The number of amidine groups is 1. The maximum absolute atomic E-state index is 11.9. The second-order valence-electron chi connectivity index (χ2n) is 4.63. The van der Waals surface area contributed by atoms with Gasteiger partial charge >= 0.3 is 0 Å². The van der Waals surface area contributed by atoms with Gasteiger partial charge in [-0.25, -0.2) is 8.42 Å². The first-order valence-electron chi connectivity index (χ1n) is 6.61. The lowest BCUT2D eigenvalue weighted by Crippen LogP contribution is -2.22. The highest BCUT2D eigenvalue weighted by atomic mass is 79.9. The highest BCUT2D eigenvalue weighted by Crippen LogP contribution is 2.23. The third kappa shape index (κ3) is 3.37. The van der Waals surface area contributed by atoms with Gasteiger partial charge in [-0.1, -0.05) is 28.1 Å². The van der Waals surface area contributed by atoms with Crippen molar-refractivity contribution in [2.24, 2.45) is 4.99 Å². The van der Waals surface area contributed by atoms with Crippen LogP contribution in [-0.2, 0) is 10.0 Å². The van der Waals surface area contributed by atoms with E-state index in [1.165, 1.54) is 0 Å². The number of fused-ring (bicyclic) bond motifs is 1. The van der Waals surface area contributed by atoms with Crippen molar-refractivity contribution in [1.29, 1.82) is 0 Å². The Balaban J connectivity index is 1.66. The molecule has 2 aromatic rings. The number of nitrogens with one attached hydrogen (secondary N) is 1. The molecule has 0 unspecified atom stereocenters. The molecule has 0 bridgehead atoms. The molecule has 0 amide bonds. The average Bonchev–Trinajstić information content (AvgIpc) is 2.77. The van der Waals surface area contributed by atoms with Crippen LogP contribution < -0.4 is 4.72 Å². The van der Waals surface area contributed by atoms with Gasteiger partial charge in [0.2, 0.25) is 0 Å². The molecule has 0 aromatic heterocycles. The Morgan fingerprint density at radius 1 is 1.09 bits per heavy atom. The molecule has 3 rings (SSSR count). The largest absolute Gasteiger partial charge is 0.266 e. The summed E-state index contributed by atoms with van der Waals surface area (Å²) in [6, 6.07) is 15.0. The minimum Gasteiger partial charge on any atom is -0.266 e. The van der Waals surface area contributed by atoms with E-state index >= 15 is 0 Å². The summed E-state index contributed by atoms with van der Waals surface area (Å²) in [5.41, 5.74) is 0.649. The fraction of sp³-hybridized carbons (Fsp3) is 0.133. The van der Waals surface area contributed by atoms with E-state index in [2.05, 4.69) is 25.6 Å². The molecule has 0 spiro atoms. The number of halogens is 1. The molecule has 114 valence electrons. The fourth-order valence-corrected chi connectivity index (χ4v) is 4.37. The number of thioether (sulfide) groups is 1. The summed E-state index contributed by atoms with van der Waals surface area (Å²) in [4.78, 5) is 5.85. The molecular formula is C15H13BrN2O2S2. The van der Waals surface area contributed by atoms with Crippen LogP contribution in [-0.4, -0.2) is 26.6 Å². The van der Waals surface area contributed by atoms with Crippen LogP contribution in [0.3, 0.4) is 0 Å². The number of hydrogen-bond acceptors (Lipinski definition) is 4. The summed E-state index contributed by atoms with van der Waals surface area (Å²) >= 11 is 5.09. The Hall–Kier alpha value is -1.31. The Labute approximate surface area is 142 Å². The van der Waals surface area contributed by atoms with Gasteiger partial charge in [-0.3, -0.25) is 9.71 Å². The molecule has 2 aromatic carbocycles. The Morgan fingerprint density at radius 3 is 2.59 bits per heavy atom. The summed E-state index contributed by atoms with van der Waals surface area (Å²) in [5, 5.41) is 0. The van der Waals surface area contributed by atoms with Crippen molar-refractivity contribution >= 4 is 43.6 Å². The van der Waals surface area contributed by atoms with Gasteiger partial charge in [-0.2, -0.15) is 0 Å². The SMILES string of the molecule is O=S1(=O)NC(=NCCSc2ccc(Br)cc2)c2ccccc21. The quantitative estimate of drug-likeness (QED) is 0.637. The fourth-order valence-electron chi connectivity index (χ4n) is 2.10. The van der Waals surface area contributed by atoms with Crippen molar-refractivity contribution < 1.29 is 8.42 Å². The highest BCUT2D eigenvalue weighted by molar-refractivity contribution is 9.10. The molecule has 1 heterocycles. The normalized spacial score (nSPS) is 17.2. The Morgan fingerprint density at radius 2 is 1.82 bits per heavy atom. The third-order valence-electron chi connectivity index (χ3n) is 3.11. The number of benzene rings is 2. The summed E-state index contributed by atoms with van der Waals surface area (Å²) < 4.78 is 27.5. The molecule has 7 heteroatoms. The molecule has 1 aliphatic rings. The van der Waals surface area contributed by atoms with Crippen LogP contribution in [0.2, 0.25) is 0 Å². The van der Waals surface area contributed by atoms with E-state index in [1.54, 1.807) is 30.0 Å². The first kappa shape index (κ1) is 15.6. The molecule has 4 nitrogen and oxygen atoms in total. The first-order valence-corrected chi connectivity index (χ1v) is 9.87. The molecule has 0 saturated carbocycles. The lowest BCUT2D eigenvalue weighted by Gasteiger charge is -2.01. The summed E-state index contributed by atoms with van der Waals surface area (Å²) in [5.74, 6) is 1.22. The van der Waals surface area contributed by atoms with E-state index in [0.717, 1.165) is 15.1 Å². The number of hydrogen-bond donors (Lipinski definition) is 1. The monoisotopic (exact) mass is 396 g/mol. The first-order chi connectivity index (χ1) is 10.6. The topological polar surface area (TPSA) is 58.5 Å². The smallest absolute Gasteiger partial charge is 0.263 e. The van der Waals surface area contributed by atoms with E-state index in [-0.39, 0.29) is 0 Å². The summed E-state index contributed by atoms with van der Waals surface area (Å²) in [6.07, 6.45) is 0. The zero-order valence-electron chi connectivity index (χ0n) is 11.5. The minimum absolute atomic E-state index is 0.300. The number of aliphatic imine (C=N–C) groups is 1. The molecule has 22 heavy (non-hydrogen) atoms. The van der Waals surface area contributed by atoms with E-state index in [4.69, 9.17) is 0 Å². The van der Waals surface area contributed by atoms with Gasteiger partial charge < -0.3 is 0 Å². The molecule has 0 fully saturated rings. The van der Waals surface area contributed by atoms with Crippen LogP contribution in [0.1, 0.15) is 5.56 Å². The van der Waals surface area contributed by atoms with E-state index in [1.807, 2.05) is 30.3 Å². The third-order valence-corrected chi connectivity index (χ3v) is 6.02. The maximum atomic E-state index is 11.9. The molecule has 1 aliphatic heterocycles. The van der Waals surface area contributed by atoms with Gasteiger partial charge in [-0.05, 0) is 36.4 Å². The van der Waals surface area contributed by atoms with Crippen LogP contribution in [0.4, 0.5) is 0 Å². The van der Waals surface area contributed by atoms with Gasteiger partial charge in [0.1, 0.15) is 5.84 Å². The number of nitrogens with zero attached hydrogens (tertiary/aromatic N) is 1. The van der Waals surface area contributed by atoms with Gasteiger partial charge in [-0.15, -0.1) is 11.8 Å². The minimum atomic E-state index is -3.44. The second kappa shape index (κ2) is 6.44. The van der Waals surface area contributed by atoms with Gasteiger partial charge in [0.05, 0.1) is 11.4 Å². The molecule has 1 N–H and O–H groups in total. The Bertz CT molecular complexity index is 818. The van der Waals surface area contributed by atoms with Crippen LogP contribution in [0.25, 0.3) is 0 Å². The molecule has 0 atom stereocenters. The lowest BCUT2D eigenvalue weighted by molar-refractivity contribution is 0.595. The van der Waals surface area contributed by atoms with E-state index in [9.17, 15) is 8.42 Å². The summed E-state index contributed by atoms with van der Waals surface area (Å²) in [6.45, 7) is 0.549. The molecular weight excluding hydrogens is 384 g/mol. The number of sulfonamides is 1. The Kier molecular flexibility index (Phi) is 4.56. The van der Waals surface area contributed by atoms with Crippen molar-refractivity contribution in [2.75, 3.05) is 12.3 Å². The van der Waals surface area contributed by atoms with Crippen LogP contribution in [0.15, 0.2) is 67.8 Å². The zero-order chi connectivity index (χ0) is 15.6. The van der Waals surface area contributed by atoms with Crippen LogP contribution >= 0.6 is 27.7 Å². The predicted molar refractivity (Wildman–Crippen MR) is 93.0 cm³/mol. The standard InChI is InChI=1S/C15H13BrN2O2S2/c16-11-5-7-12(8-6-11)21-10-9-17-15-13-3-1-2-4-14(13)22(19,20)18-15/h1-8H,9-10H2,(H,17,18). The van der Waals surface area contributed by atoms with Crippen molar-refractivity contribution in [3.05, 3.63) is 58.6 Å². The van der Waals surface area contributed by atoms with Crippen molar-refractivity contribution in [2.45, 2.75) is 9.79 Å². The molecule has 0 aliphatic carbocycles. The van der Waals surface area contributed by atoms with Crippen molar-refractivity contribution in [3.8, 4) is 0 Å². The molecule has 0 radical (unpaired) electrons. The predicted octanol–water partition coefficient (Wildman–Crippen LogP) is 3.28. The number of rotatable bonds is 4. The van der Waals surface area contributed by atoms with E-state index < -0.39 is 10.0 Å². The van der Waals surface area contributed by atoms with Gasteiger partial charge in [0.15, 0.2) is 0 Å². The van der Waals surface area contributed by atoms with E-state index in [0.29, 0.717) is 22.8 Å².